The first-order valence-electron chi connectivity index (χ1n) is 7.85. The maximum absolute atomic E-state index is 4.50. The molecule has 3 nitrogen and oxygen atoms in total. The Labute approximate surface area is 128 Å². The van der Waals surface area contributed by atoms with Crippen molar-refractivity contribution in [2.75, 3.05) is 6.54 Å². The third kappa shape index (κ3) is 3.73. The van der Waals surface area contributed by atoms with Crippen molar-refractivity contribution in [2.45, 2.75) is 46.6 Å². The fraction of sp³-hybridized carbons (Fsp3) is 0.500. The SMILES string of the molecule is CCCNC(C)Cc1ccc(-c2c(C)nn(C)c2C)cc1. The van der Waals surface area contributed by atoms with Crippen LogP contribution >= 0.6 is 0 Å². The van der Waals surface area contributed by atoms with Crippen LogP contribution in [0.4, 0.5) is 0 Å². The van der Waals surface area contributed by atoms with Crippen molar-refractivity contribution in [1.82, 2.24) is 15.1 Å². The van der Waals surface area contributed by atoms with Crippen LogP contribution in [0.5, 0.6) is 0 Å². The summed E-state index contributed by atoms with van der Waals surface area (Å²) >= 11 is 0. The molecule has 1 aromatic carbocycles. The molecule has 1 aromatic heterocycles. The number of aromatic nitrogens is 2. The van der Waals surface area contributed by atoms with Gasteiger partial charge in [0.15, 0.2) is 0 Å². The van der Waals surface area contributed by atoms with E-state index in [0.717, 1.165) is 18.7 Å². The van der Waals surface area contributed by atoms with E-state index >= 15 is 0 Å². The number of hydrogen-bond donors (Lipinski definition) is 1. The molecule has 0 saturated heterocycles. The van der Waals surface area contributed by atoms with E-state index in [9.17, 15) is 0 Å². The maximum atomic E-state index is 4.50. The Hall–Kier alpha value is -1.61. The van der Waals surface area contributed by atoms with Gasteiger partial charge in [-0.3, -0.25) is 4.68 Å². The first-order chi connectivity index (χ1) is 10.0. The quantitative estimate of drug-likeness (QED) is 0.878. The van der Waals surface area contributed by atoms with E-state index in [2.05, 4.69) is 62.4 Å². The van der Waals surface area contributed by atoms with Crippen molar-refractivity contribution < 1.29 is 0 Å². The summed E-state index contributed by atoms with van der Waals surface area (Å²) < 4.78 is 1.95. The molecular weight excluding hydrogens is 258 g/mol. The van der Waals surface area contributed by atoms with Gasteiger partial charge in [0.25, 0.3) is 0 Å². The Morgan fingerprint density at radius 3 is 2.38 bits per heavy atom. The molecule has 0 saturated carbocycles. The monoisotopic (exact) mass is 285 g/mol. The number of nitrogens with one attached hydrogen (secondary N) is 1. The van der Waals surface area contributed by atoms with E-state index < -0.39 is 0 Å². The van der Waals surface area contributed by atoms with Gasteiger partial charge in [0.05, 0.1) is 5.69 Å². The molecule has 1 N–H and O–H groups in total. The van der Waals surface area contributed by atoms with Crippen molar-refractivity contribution >= 4 is 0 Å². The minimum absolute atomic E-state index is 0.526. The average Bonchev–Trinajstić information content (AvgIpc) is 2.71. The molecular formula is C18H27N3. The highest BCUT2D eigenvalue weighted by molar-refractivity contribution is 5.68. The fourth-order valence-corrected chi connectivity index (χ4v) is 2.82. The van der Waals surface area contributed by atoms with Gasteiger partial charge in [-0.2, -0.15) is 5.10 Å². The third-order valence-corrected chi connectivity index (χ3v) is 4.04. The van der Waals surface area contributed by atoms with Crippen molar-refractivity contribution in [3.05, 3.63) is 41.2 Å². The predicted molar refractivity (Wildman–Crippen MR) is 89.6 cm³/mol. The Morgan fingerprint density at radius 1 is 1.19 bits per heavy atom. The van der Waals surface area contributed by atoms with Crippen LogP contribution in [0.15, 0.2) is 24.3 Å². The molecule has 0 radical (unpaired) electrons. The van der Waals surface area contributed by atoms with Crippen LogP contribution in [0.25, 0.3) is 11.1 Å². The lowest BCUT2D eigenvalue weighted by atomic mass is 10.00. The maximum Gasteiger partial charge on any atom is 0.0674 e. The molecule has 0 bridgehead atoms. The second-order valence-electron chi connectivity index (χ2n) is 5.93. The summed E-state index contributed by atoms with van der Waals surface area (Å²) in [6.45, 7) is 9.74. The molecule has 3 heteroatoms. The van der Waals surface area contributed by atoms with Crippen molar-refractivity contribution in [3.8, 4) is 11.1 Å². The molecule has 0 aliphatic carbocycles. The van der Waals surface area contributed by atoms with E-state index in [0.29, 0.717) is 6.04 Å². The second-order valence-corrected chi connectivity index (χ2v) is 5.93. The summed E-state index contributed by atoms with van der Waals surface area (Å²) in [7, 11) is 2.00. The average molecular weight is 285 g/mol. The molecule has 2 aromatic rings. The third-order valence-electron chi connectivity index (χ3n) is 4.04. The van der Waals surface area contributed by atoms with Crippen LogP contribution in [-0.4, -0.2) is 22.4 Å². The molecule has 0 aliphatic heterocycles. The van der Waals surface area contributed by atoms with Gasteiger partial charge in [-0.05, 0) is 51.3 Å². The Morgan fingerprint density at radius 2 is 1.86 bits per heavy atom. The van der Waals surface area contributed by atoms with Gasteiger partial charge < -0.3 is 5.32 Å². The number of aryl methyl sites for hydroxylation is 2. The lowest BCUT2D eigenvalue weighted by molar-refractivity contribution is 0.543. The normalized spacial score (nSPS) is 12.6. The Balaban J connectivity index is 2.12. The highest BCUT2D eigenvalue weighted by atomic mass is 15.3. The molecule has 0 aliphatic rings. The molecule has 0 fully saturated rings. The summed E-state index contributed by atoms with van der Waals surface area (Å²) in [6, 6.07) is 9.45. The van der Waals surface area contributed by atoms with Gasteiger partial charge in [-0.25, -0.2) is 0 Å². The standard InChI is InChI=1S/C18H27N3/c1-6-11-19-13(2)12-16-7-9-17(10-8-16)18-14(3)20-21(5)15(18)4/h7-10,13,19H,6,11-12H2,1-5H3. The van der Waals surface area contributed by atoms with E-state index in [1.165, 1.54) is 28.8 Å². The lowest BCUT2D eigenvalue weighted by Gasteiger charge is -2.13. The fourth-order valence-electron chi connectivity index (χ4n) is 2.82. The Kier molecular flexibility index (Phi) is 5.18. The van der Waals surface area contributed by atoms with Crippen LogP contribution in [0, 0.1) is 13.8 Å². The summed E-state index contributed by atoms with van der Waals surface area (Å²) in [5.74, 6) is 0. The van der Waals surface area contributed by atoms with Crippen LogP contribution in [0.3, 0.4) is 0 Å². The minimum atomic E-state index is 0.526. The van der Waals surface area contributed by atoms with Gasteiger partial charge in [0.1, 0.15) is 0 Å². The molecule has 1 unspecified atom stereocenters. The van der Waals surface area contributed by atoms with E-state index in [4.69, 9.17) is 0 Å². The number of hydrogen-bond acceptors (Lipinski definition) is 2. The van der Waals surface area contributed by atoms with Crippen molar-refractivity contribution in [1.29, 1.82) is 0 Å². The molecule has 0 amide bonds. The molecule has 0 spiro atoms. The summed E-state index contributed by atoms with van der Waals surface area (Å²) in [5.41, 5.74) is 6.23. The van der Waals surface area contributed by atoms with Gasteiger partial charge >= 0.3 is 0 Å². The highest BCUT2D eigenvalue weighted by Gasteiger charge is 2.11. The van der Waals surface area contributed by atoms with E-state index in [-0.39, 0.29) is 0 Å². The lowest BCUT2D eigenvalue weighted by Crippen LogP contribution is -2.28. The number of benzene rings is 1. The molecule has 114 valence electrons. The molecule has 21 heavy (non-hydrogen) atoms. The smallest absolute Gasteiger partial charge is 0.0674 e. The number of nitrogens with zero attached hydrogens (tertiary/aromatic N) is 2. The Bertz CT molecular complexity index is 581. The predicted octanol–water partition coefficient (Wildman–Crippen LogP) is 3.63. The summed E-state index contributed by atoms with van der Waals surface area (Å²) in [6.07, 6.45) is 2.26. The number of rotatable bonds is 6. The van der Waals surface area contributed by atoms with Crippen molar-refractivity contribution in [3.63, 3.8) is 0 Å². The highest BCUT2D eigenvalue weighted by Crippen LogP contribution is 2.26. The second kappa shape index (κ2) is 6.90. The van der Waals surface area contributed by atoms with E-state index in [1.54, 1.807) is 0 Å². The molecule has 2 rings (SSSR count). The van der Waals surface area contributed by atoms with Gasteiger partial charge in [0.2, 0.25) is 0 Å². The van der Waals surface area contributed by atoms with Crippen LogP contribution in [0.2, 0.25) is 0 Å². The van der Waals surface area contributed by atoms with Crippen LogP contribution < -0.4 is 5.32 Å². The minimum Gasteiger partial charge on any atom is -0.314 e. The zero-order chi connectivity index (χ0) is 15.4. The van der Waals surface area contributed by atoms with Crippen LogP contribution in [-0.2, 0) is 13.5 Å². The van der Waals surface area contributed by atoms with Crippen molar-refractivity contribution in [2.24, 2.45) is 7.05 Å². The van der Waals surface area contributed by atoms with Gasteiger partial charge in [-0.15, -0.1) is 0 Å². The van der Waals surface area contributed by atoms with Gasteiger partial charge in [-0.1, -0.05) is 31.2 Å². The topological polar surface area (TPSA) is 29.9 Å². The first-order valence-corrected chi connectivity index (χ1v) is 7.85. The molecule has 1 heterocycles. The van der Waals surface area contributed by atoms with E-state index in [1.807, 2.05) is 11.7 Å². The van der Waals surface area contributed by atoms with Crippen LogP contribution in [0.1, 0.15) is 37.2 Å². The molecule has 1 atom stereocenters. The van der Waals surface area contributed by atoms with Gasteiger partial charge in [0, 0.05) is 24.3 Å². The largest absolute Gasteiger partial charge is 0.314 e. The zero-order valence-electron chi connectivity index (χ0n) is 13.9. The zero-order valence-corrected chi connectivity index (χ0v) is 13.9. The summed E-state index contributed by atoms with van der Waals surface area (Å²) in [4.78, 5) is 0. The first kappa shape index (κ1) is 15.8. The summed E-state index contributed by atoms with van der Waals surface area (Å²) in [5, 5.41) is 8.03.